The first-order valence-corrected chi connectivity index (χ1v) is 4.58. The van der Waals surface area contributed by atoms with Crippen LogP contribution in [0.2, 0.25) is 0 Å². The summed E-state index contributed by atoms with van der Waals surface area (Å²) in [6.07, 6.45) is 5.81. The van der Waals surface area contributed by atoms with E-state index in [1.165, 1.54) is 32.2 Å². The fraction of sp³-hybridized carbons (Fsp3) is 1.00. The summed E-state index contributed by atoms with van der Waals surface area (Å²) >= 11 is 0. The van der Waals surface area contributed by atoms with Crippen molar-refractivity contribution in [3.63, 3.8) is 0 Å². The van der Waals surface area contributed by atoms with Gasteiger partial charge in [0, 0.05) is 6.04 Å². The van der Waals surface area contributed by atoms with Crippen LogP contribution in [0.15, 0.2) is 0 Å². The van der Waals surface area contributed by atoms with Crippen LogP contribution >= 0.6 is 0 Å². The molecule has 2 saturated carbocycles. The molecule has 0 unspecified atom stereocenters. The van der Waals surface area contributed by atoms with Crippen molar-refractivity contribution in [2.75, 3.05) is 6.54 Å². The summed E-state index contributed by atoms with van der Waals surface area (Å²) in [7, 11) is 0. The third-order valence-corrected chi connectivity index (χ3v) is 2.77. The minimum Gasteiger partial charge on any atom is -0.314 e. The van der Waals surface area contributed by atoms with E-state index in [1.807, 2.05) is 0 Å². The molecule has 2 fully saturated rings. The van der Waals surface area contributed by atoms with E-state index in [2.05, 4.69) is 12.2 Å². The number of rotatable bonds is 3. The van der Waals surface area contributed by atoms with E-state index in [0.29, 0.717) is 0 Å². The summed E-state index contributed by atoms with van der Waals surface area (Å²) in [4.78, 5) is 0. The molecule has 0 radical (unpaired) electrons. The zero-order valence-corrected chi connectivity index (χ0v) is 6.77. The summed E-state index contributed by atoms with van der Waals surface area (Å²) in [6.45, 7) is 3.65. The highest BCUT2D eigenvalue weighted by atomic mass is 14.9. The fourth-order valence-electron chi connectivity index (χ4n) is 1.72. The molecule has 1 nitrogen and oxygen atoms in total. The first-order chi connectivity index (χ1) is 4.84. The second-order valence-corrected chi connectivity index (χ2v) is 4.13. The Morgan fingerprint density at radius 2 is 2.00 bits per heavy atom. The van der Waals surface area contributed by atoms with Crippen molar-refractivity contribution in [1.29, 1.82) is 0 Å². The maximum absolute atomic E-state index is 3.61. The van der Waals surface area contributed by atoms with Crippen LogP contribution in [0.1, 0.15) is 32.6 Å². The van der Waals surface area contributed by atoms with Crippen LogP contribution in [0.4, 0.5) is 0 Å². The van der Waals surface area contributed by atoms with Gasteiger partial charge in [0.15, 0.2) is 0 Å². The molecule has 0 spiro atoms. The van der Waals surface area contributed by atoms with Crippen molar-refractivity contribution >= 4 is 0 Å². The van der Waals surface area contributed by atoms with E-state index in [4.69, 9.17) is 0 Å². The van der Waals surface area contributed by atoms with Gasteiger partial charge in [-0.3, -0.25) is 0 Å². The molecule has 58 valence electrons. The molecule has 0 heterocycles. The van der Waals surface area contributed by atoms with Crippen LogP contribution < -0.4 is 5.32 Å². The lowest BCUT2D eigenvalue weighted by Gasteiger charge is -2.33. The molecule has 1 N–H and O–H groups in total. The van der Waals surface area contributed by atoms with Crippen LogP contribution in [0, 0.1) is 11.8 Å². The summed E-state index contributed by atoms with van der Waals surface area (Å²) in [5.41, 5.74) is 0. The highest BCUT2D eigenvalue weighted by Crippen LogP contribution is 2.30. The third kappa shape index (κ3) is 1.51. The highest BCUT2D eigenvalue weighted by molar-refractivity contribution is 4.85. The van der Waals surface area contributed by atoms with Gasteiger partial charge in [-0.1, -0.05) is 6.92 Å². The Bertz CT molecular complexity index is 112. The van der Waals surface area contributed by atoms with Crippen molar-refractivity contribution in [2.24, 2.45) is 11.8 Å². The molecule has 2 aliphatic carbocycles. The van der Waals surface area contributed by atoms with Crippen molar-refractivity contribution in [2.45, 2.75) is 38.6 Å². The lowest BCUT2D eigenvalue weighted by Crippen LogP contribution is -2.40. The number of nitrogens with one attached hydrogen (secondary N) is 1. The first kappa shape index (κ1) is 6.66. The van der Waals surface area contributed by atoms with Crippen LogP contribution in [0.3, 0.4) is 0 Å². The smallest absolute Gasteiger partial charge is 0.00722 e. The van der Waals surface area contributed by atoms with Gasteiger partial charge in [-0.15, -0.1) is 0 Å². The highest BCUT2D eigenvalue weighted by Gasteiger charge is 2.27. The number of hydrogen-bond donors (Lipinski definition) is 1. The molecule has 0 atom stereocenters. The van der Waals surface area contributed by atoms with Gasteiger partial charge in [0.2, 0.25) is 0 Å². The molecule has 0 aromatic carbocycles. The number of hydrogen-bond acceptors (Lipinski definition) is 1. The Morgan fingerprint density at radius 3 is 2.50 bits per heavy atom. The van der Waals surface area contributed by atoms with Gasteiger partial charge in [-0.2, -0.15) is 0 Å². The topological polar surface area (TPSA) is 12.0 Å². The molecule has 0 amide bonds. The Hall–Kier alpha value is -0.0400. The van der Waals surface area contributed by atoms with E-state index in [0.717, 1.165) is 17.9 Å². The first-order valence-electron chi connectivity index (χ1n) is 4.58. The lowest BCUT2D eigenvalue weighted by atomic mass is 9.82. The maximum atomic E-state index is 3.61. The molecule has 0 aromatic rings. The monoisotopic (exact) mass is 139 g/mol. The van der Waals surface area contributed by atoms with Crippen LogP contribution in [0.5, 0.6) is 0 Å². The van der Waals surface area contributed by atoms with E-state index in [1.54, 1.807) is 0 Å². The average Bonchev–Trinajstić information content (AvgIpc) is 2.60. The van der Waals surface area contributed by atoms with Gasteiger partial charge >= 0.3 is 0 Å². The molecule has 10 heavy (non-hydrogen) atoms. The zero-order chi connectivity index (χ0) is 6.97. The second-order valence-electron chi connectivity index (χ2n) is 4.13. The molecule has 2 aliphatic rings. The van der Waals surface area contributed by atoms with Crippen molar-refractivity contribution < 1.29 is 0 Å². The Balaban J connectivity index is 1.54. The van der Waals surface area contributed by atoms with Gasteiger partial charge in [-0.25, -0.2) is 0 Å². The van der Waals surface area contributed by atoms with E-state index < -0.39 is 0 Å². The molecule has 0 aliphatic heterocycles. The second kappa shape index (κ2) is 2.54. The fourth-order valence-corrected chi connectivity index (χ4v) is 1.72. The van der Waals surface area contributed by atoms with Crippen LogP contribution in [-0.2, 0) is 0 Å². The van der Waals surface area contributed by atoms with Gasteiger partial charge in [-0.05, 0) is 44.1 Å². The van der Waals surface area contributed by atoms with Crippen LogP contribution in [-0.4, -0.2) is 12.6 Å². The predicted molar refractivity (Wildman–Crippen MR) is 42.9 cm³/mol. The van der Waals surface area contributed by atoms with Crippen molar-refractivity contribution in [1.82, 2.24) is 5.32 Å². The largest absolute Gasteiger partial charge is 0.314 e. The summed E-state index contributed by atoms with van der Waals surface area (Å²) in [5.74, 6) is 2.05. The minimum atomic E-state index is 0.885. The summed E-state index contributed by atoms with van der Waals surface area (Å²) < 4.78 is 0. The van der Waals surface area contributed by atoms with Crippen molar-refractivity contribution in [3.8, 4) is 0 Å². The molecule has 0 aromatic heterocycles. The van der Waals surface area contributed by atoms with Crippen molar-refractivity contribution in [3.05, 3.63) is 0 Å². The van der Waals surface area contributed by atoms with Crippen LogP contribution in [0.25, 0.3) is 0 Å². The maximum Gasteiger partial charge on any atom is 0.00722 e. The predicted octanol–water partition coefficient (Wildman–Crippen LogP) is 1.78. The molecular weight excluding hydrogens is 122 g/mol. The minimum absolute atomic E-state index is 0.885. The molecule has 1 heteroatoms. The van der Waals surface area contributed by atoms with E-state index >= 15 is 0 Å². The average molecular weight is 139 g/mol. The molecular formula is C9H17N. The SMILES string of the molecule is CC1CC(NCC2CC2)C1. The molecule has 0 saturated heterocycles. The third-order valence-electron chi connectivity index (χ3n) is 2.77. The summed E-state index contributed by atoms with van der Waals surface area (Å²) in [5, 5.41) is 3.61. The lowest BCUT2D eigenvalue weighted by molar-refractivity contribution is 0.240. The Labute approximate surface area is 63.2 Å². The molecule has 2 rings (SSSR count). The quantitative estimate of drug-likeness (QED) is 0.628. The Morgan fingerprint density at radius 1 is 1.30 bits per heavy atom. The zero-order valence-electron chi connectivity index (χ0n) is 6.77. The van der Waals surface area contributed by atoms with E-state index in [-0.39, 0.29) is 0 Å². The summed E-state index contributed by atoms with van der Waals surface area (Å²) in [6, 6.07) is 0.885. The normalized spacial score (nSPS) is 39.3. The van der Waals surface area contributed by atoms with Gasteiger partial charge in [0.25, 0.3) is 0 Å². The van der Waals surface area contributed by atoms with E-state index in [9.17, 15) is 0 Å². The Kier molecular flexibility index (Phi) is 1.69. The van der Waals surface area contributed by atoms with Gasteiger partial charge < -0.3 is 5.32 Å². The standard InChI is InChI=1S/C9H17N/c1-7-4-9(5-7)10-6-8-2-3-8/h7-10H,2-6H2,1H3. The molecule has 0 bridgehead atoms. The van der Waals surface area contributed by atoms with Gasteiger partial charge in [0.05, 0.1) is 0 Å². The van der Waals surface area contributed by atoms with Gasteiger partial charge in [0.1, 0.15) is 0 Å².